The normalized spacial score (nSPS) is 10.2. The molecule has 1 N–H and O–H groups in total. The number of ether oxygens (including phenoxy) is 2. The SMILES string of the molecule is CCCNc1c(C#N)cnc2c(OC)cc(Cl)c(OC)c12. The number of benzene rings is 1. The molecule has 0 saturated carbocycles. The van der Waals surface area contributed by atoms with Gasteiger partial charge < -0.3 is 14.8 Å². The number of hydrogen-bond donors (Lipinski definition) is 1. The Labute approximate surface area is 128 Å². The minimum atomic E-state index is 0.415. The Kier molecular flexibility index (Phi) is 4.71. The molecule has 1 aromatic carbocycles. The summed E-state index contributed by atoms with van der Waals surface area (Å²) in [5.41, 5.74) is 1.72. The van der Waals surface area contributed by atoms with Crippen LogP contribution < -0.4 is 14.8 Å². The van der Waals surface area contributed by atoms with Gasteiger partial charge in [-0.1, -0.05) is 18.5 Å². The van der Waals surface area contributed by atoms with Crippen LogP contribution in [-0.4, -0.2) is 25.7 Å². The van der Waals surface area contributed by atoms with Crippen LogP contribution in [0.15, 0.2) is 12.3 Å². The standard InChI is InChI=1S/C15H16ClN3O2/c1-4-5-18-13-9(7-17)8-19-14-11(20-2)6-10(16)15(21-3)12(13)14/h6,8H,4-5H2,1-3H3,(H,18,19). The molecule has 0 fully saturated rings. The molecule has 5 nitrogen and oxygen atoms in total. The number of pyridine rings is 1. The van der Waals surface area contributed by atoms with E-state index in [1.807, 2.05) is 6.92 Å². The van der Waals surface area contributed by atoms with Crippen molar-refractivity contribution >= 4 is 28.2 Å². The van der Waals surface area contributed by atoms with Gasteiger partial charge in [-0.05, 0) is 6.42 Å². The molecule has 0 aliphatic rings. The van der Waals surface area contributed by atoms with E-state index in [2.05, 4.69) is 16.4 Å². The molecule has 1 heterocycles. The first-order valence-corrected chi connectivity index (χ1v) is 6.92. The minimum absolute atomic E-state index is 0.415. The monoisotopic (exact) mass is 305 g/mol. The average molecular weight is 306 g/mol. The minimum Gasteiger partial charge on any atom is -0.494 e. The topological polar surface area (TPSA) is 67.2 Å². The maximum Gasteiger partial charge on any atom is 0.149 e. The van der Waals surface area contributed by atoms with Gasteiger partial charge in [-0.2, -0.15) is 5.26 Å². The third kappa shape index (κ3) is 2.67. The molecule has 1 aromatic heterocycles. The third-order valence-electron chi connectivity index (χ3n) is 3.11. The van der Waals surface area contributed by atoms with Crippen molar-refractivity contribution in [3.05, 3.63) is 22.8 Å². The number of methoxy groups -OCH3 is 2. The molecule has 0 aliphatic heterocycles. The van der Waals surface area contributed by atoms with Gasteiger partial charge in [0.25, 0.3) is 0 Å². The highest BCUT2D eigenvalue weighted by Gasteiger charge is 2.19. The van der Waals surface area contributed by atoms with E-state index in [-0.39, 0.29) is 0 Å². The Hall–Kier alpha value is -2.19. The molecule has 110 valence electrons. The highest BCUT2D eigenvalue weighted by Crippen LogP contribution is 2.43. The summed E-state index contributed by atoms with van der Waals surface area (Å²) in [6.07, 6.45) is 2.45. The molecule has 0 amide bonds. The summed E-state index contributed by atoms with van der Waals surface area (Å²) in [6.45, 7) is 2.78. The number of nitriles is 1. The Balaban J connectivity index is 2.87. The van der Waals surface area contributed by atoms with Crippen LogP contribution in [0, 0.1) is 11.3 Å². The van der Waals surface area contributed by atoms with Gasteiger partial charge in [-0.25, -0.2) is 0 Å². The van der Waals surface area contributed by atoms with Crippen molar-refractivity contribution < 1.29 is 9.47 Å². The molecule has 0 atom stereocenters. The van der Waals surface area contributed by atoms with Crippen LogP contribution in [0.1, 0.15) is 18.9 Å². The predicted octanol–water partition coefficient (Wildman–Crippen LogP) is 3.60. The van der Waals surface area contributed by atoms with Crippen molar-refractivity contribution in [2.24, 2.45) is 0 Å². The van der Waals surface area contributed by atoms with Crippen molar-refractivity contribution in [2.45, 2.75) is 13.3 Å². The van der Waals surface area contributed by atoms with Crippen molar-refractivity contribution in [3.8, 4) is 17.6 Å². The summed E-state index contributed by atoms with van der Waals surface area (Å²) >= 11 is 6.25. The fourth-order valence-corrected chi connectivity index (χ4v) is 2.43. The first kappa shape index (κ1) is 15.2. The molecule has 0 radical (unpaired) electrons. The summed E-state index contributed by atoms with van der Waals surface area (Å²) in [4.78, 5) is 4.32. The fraction of sp³-hybridized carbons (Fsp3) is 0.333. The van der Waals surface area contributed by atoms with E-state index in [0.717, 1.165) is 13.0 Å². The highest BCUT2D eigenvalue weighted by molar-refractivity contribution is 6.34. The number of rotatable bonds is 5. The summed E-state index contributed by atoms with van der Waals surface area (Å²) < 4.78 is 10.7. The molecule has 2 rings (SSSR count). The molecule has 2 aromatic rings. The number of anilines is 1. The van der Waals surface area contributed by atoms with E-state index >= 15 is 0 Å². The lowest BCUT2D eigenvalue weighted by Gasteiger charge is -2.16. The van der Waals surface area contributed by atoms with Gasteiger partial charge in [0.15, 0.2) is 0 Å². The third-order valence-corrected chi connectivity index (χ3v) is 3.39. The van der Waals surface area contributed by atoms with E-state index < -0.39 is 0 Å². The smallest absolute Gasteiger partial charge is 0.149 e. The largest absolute Gasteiger partial charge is 0.494 e. The molecule has 0 spiro atoms. The van der Waals surface area contributed by atoms with Gasteiger partial charge in [0, 0.05) is 18.8 Å². The van der Waals surface area contributed by atoms with Gasteiger partial charge in [-0.3, -0.25) is 4.98 Å². The van der Waals surface area contributed by atoms with Crippen LogP contribution in [0.3, 0.4) is 0 Å². The first-order valence-electron chi connectivity index (χ1n) is 6.55. The number of hydrogen-bond acceptors (Lipinski definition) is 5. The lowest BCUT2D eigenvalue weighted by Crippen LogP contribution is -2.05. The van der Waals surface area contributed by atoms with Gasteiger partial charge in [0.1, 0.15) is 23.1 Å². The highest BCUT2D eigenvalue weighted by atomic mass is 35.5. The summed E-state index contributed by atoms with van der Waals surface area (Å²) in [5.74, 6) is 1.02. The molecular formula is C15H16ClN3O2. The Bertz CT molecular complexity index is 710. The predicted molar refractivity (Wildman–Crippen MR) is 83.4 cm³/mol. The van der Waals surface area contributed by atoms with Crippen molar-refractivity contribution in [1.29, 1.82) is 5.26 Å². The molecule has 6 heteroatoms. The van der Waals surface area contributed by atoms with Crippen molar-refractivity contribution in [3.63, 3.8) is 0 Å². The summed E-state index contributed by atoms with van der Waals surface area (Å²) in [7, 11) is 3.09. The van der Waals surface area contributed by atoms with E-state index in [9.17, 15) is 5.26 Å². The van der Waals surface area contributed by atoms with Crippen LogP contribution in [0.25, 0.3) is 10.9 Å². The van der Waals surface area contributed by atoms with Crippen molar-refractivity contribution in [2.75, 3.05) is 26.1 Å². The van der Waals surface area contributed by atoms with Crippen LogP contribution in [0.2, 0.25) is 5.02 Å². The zero-order valence-corrected chi connectivity index (χ0v) is 12.9. The Morgan fingerprint density at radius 2 is 2.14 bits per heavy atom. The quantitative estimate of drug-likeness (QED) is 0.914. The molecule has 0 saturated heterocycles. The van der Waals surface area contributed by atoms with Gasteiger partial charge >= 0.3 is 0 Å². The molecule has 0 aliphatic carbocycles. The number of fused-ring (bicyclic) bond motifs is 1. The number of nitrogens with one attached hydrogen (secondary N) is 1. The maximum absolute atomic E-state index is 9.30. The van der Waals surface area contributed by atoms with Crippen LogP contribution in [0.5, 0.6) is 11.5 Å². The zero-order chi connectivity index (χ0) is 15.4. The summed E-state index contributed by atoms with van der Waals surface area (Å²) in [6, 6.07) is 3.80. The van der Waals surface area contributed by atoms with E-state index in [0.29, 0.717) is 38.7 Å². The molecule has 0 bridgehead atoms. The first-order chi connectivity index (χ1) is 10.2. The number of halogens is 1. The van der Waals surface area contributed by atoms with Crippen LogP contribution in [0.4, 0.5) is 5.69 Å². The lowest BCUT2D eigenvalue weighted by atomic mass is 10.1. The summed E-state index contributed by atoms with van der Waals surface area (Å²) in [5, 5.41) is 13.6. The van der Waals surface area contributed by atoms with Gasteiger partial charge in [-0.15, -0.1) is 0 Å². The lowest BCUT2D eigenvalue weighted by molar-refractivity contribution is 0.410. The Morgan fingerprint density at radius 3 is 2.71 bits per heavy atom. The fourth-order valence-electron chi connectivity index (χ4n) is 2.16. The zero-order valence-electron chi connectivity index (χ0n) is 12.2. The molecule has 0 unspecified atom stereocenters. The second-order valence-corrected chi connectivity index (χ2v) is 4.81. The van der Waals surface area contributed by atoms with Crippen LogP contribution >= 0.6 is 11.6 Å². The molecule has 21 heavy (non-hydrogen) atoms. The number of aromatic nitrogens is 1. The molecular weight excluding hydrogens is 290 g/mol. The average Bonchev–Trinajstić information content (AvgIpc) is 2.51. The second kappa shape index (κ2) is 6.51. The van der Waals surface area contributed by atoms with Gasteiger partial charge in [0.2, 0.25) is 0 Å². The second-order valence-electron chi connectivity index (χ2n) is 4.40. The Morgan fingerprint density at radius 1 is 1.38 bits per heavy atom. The van der Waals surface area contributed by atoms with E-state index in [1.54, 1.807) is 13.2 Å². The number of nitrogens with zero attached hydrogens (tertiary/aromatic N) is 2. The van der Waals surface area contributed by atoms with Gasteiger partial charge in [0.05, 0.1) is 35.9 Å². The maximum atomic E-state index is 9.30. The van der Waals surface area contributed by atoms with Crippen LogP contribution in [-0.2, 0) is 0 Å². The van der Waals surface area contributed by atoms with E-state index in [1.165, 1.54) is 13.3 Å². The van der Waals surface area contributed by atoms with E-state index in [4.69, 9.17) is 21.1 Å². The van der Waals surface area contributed by atoms with Crippen molar-refractivity contribution in [1.82, 2.24) is 4.98 Å².